The van der Waals surface area contributed by atoms with Crippen LogP contribution in [0.2, 0.25) is 0 Å². The van der Waals surface area contributed by atoms with Crippen molar-refractivity contribution in [3.63, 3.8) is 0 Å². The van der Waals surface area contributed by atoms with Gasteiger partial charge in [0.05, 0.1) is 6.04 Å². The molecule has 1 unspecified atom stereocenters. The van der Waals surface area contributed by atoms with Crippen LogP contribution in [-0.4, -0.2) is 31.1 Å². The zero-order valence-electron chi connectivity index (χ0n) is 15.8. The molecule has 1 atom stereocenters. The van der Waals surface area contributed by atoms with Crippen LogP contribution in [0.15, 0.2) is 84.9 Å². The van der Waals surface area contributed by atoms with Gasteiger partial charge in [0.25, 0.3) is 0 Å². The van der Waals surface area contributed by atoms with Crippen LogP contribution in [0.1, 0.15) is 16.5 Å². The van der Waals surface area contributed by atoms with Crippen LogP contribution in [-0.2, 0) is 0 Å². The number of hydrogen-bond donors (Lipinski definition) is 1. The molecule has 28 heavy (non-hydrogen) atoms. The summed E-state index contributed by atoms with van der Waals surface area (Å²) < 4.78 is 1.37. The minimum absolute atomic E-state index is 0.323. The molecule has 1 aromatic heterocycles. The first kappa shape index (κ1) is 17.6. The number of hydrogen-bond acceptors (Lipinski definition) is 3. The highest BCUT2D eigenvalue weighted by molar-refractivity contribution is 7.19. The molecule has 140 valence electrons. The van der Waals surface area contributed by atoms with Crippen molar-refractivity contribution < 1.29 is 0 Å². The molecule has 0 radical (unpaired) electrons. The van der Waals surface area contributed by atoms with Gasteiger partial charge in [-0.15, -0.1) is 11.3 Å². The smallest absolute Gasteiger partial charge is 0.0697 e. The normalized spacial score (nSPS) is 16.3. The summed E-state index contributed by atoms with van der Waals surface area (Å²) in [7, 11) is 0. The second-order valence-electron chi connectivity index (χ2n) is 7.36. The summed E-state index contributed by atoms with van der Waals surface area (Å²) in [4.78, 5) is 4.06. The fourth-order valence-corrected chi connectivity index (χ4v) is 5.35. The Morgan fingerprint density at radius 3 is 2.18 bits per heavy atom. The van der Waals surface area contributed by atoms with E-state index in [9.17, 15) is 0 Å². The molecule has 2 nitrogen and oxygen atoms in total. The summed E-state index contributed by atoms with van der Waals surface area (Å²) in [5.74, 6) is 0. The maximum Gasteiger partial charge on any atom is 0.0697 e. The third-order valence-corrected chi connectivity index (χ3v) is 6.73. The fraction of sp³-hybridized carbons (Fsp3) is 0.200. The number of fused-ring (bicyclic) bond motifs is 1. The molecule has 1 aliphatic rings. The largest absolute Gasteiger partial charge is 0.314 e. The standard InChI is InChI=1S/C25H24N2S/c1-2-6-19(7-3-1)20-10-12-21(13-11-20)25(27-16-14-26-15-17-27)24-18-22-8-4-5-9-23(22)28-24/h1-13,18,25-26H,14-17H2. The average molecular weight is 385 g/mol. The van der Waals surface area contributed by atoms with Crippen molar-refractivity contribution in [2.75, 3.05) is 26.2 Å². The van der Waals surface area contributed by atoms with E-state index in [1.807, 2.05) is 11.3 Å². The van der Waals surface area contributed by atoms with Crippen molar-refractivity contribution in [2.45, 2.75) is 6.04 Å². The molecule has 2 heterocycles. The molecule has 0 aliphatic carbocycles. The average Bonchev–Trinajstić information content (AvgIpc) is 3.19. The minimum atomic E-state index is 0.323. The molecule has 4 aromatic rings. The van der Waals surface area contributed by atoms with Crippen LogP contribution in [0.3, 0.4) is 0 Å². The van der Waals surface area contributed by atoms with Crippen LogP contribution in [0.4, 0.5) is 0 Å². The van der Waals surface area contributed by atoms with Gasteiger partial charge in [0, 0.05) is 35.8 Å². The third-order valence-electron chi connectivity index (χ3n) is 5.56. The van der Waals surface area contributed by atoms with Crippen LogP contribution in [0.25, 0.3) is 21.2 Å². The monoisotopic (exact) mass is 384 g/mol. The molecule has 3 heteroatoms. The number of nitrogens with one attached hydrogen (secondary N) is 1. The van der Waals surface area contributed by atoms with E-state index in [4.69, 9.17) is 0 Å². The van der Waals surface area contributed by atoms with Crippen LogP contribution < -0.4 is 5.32 Å². The predicted octanol–water partition coefficient (Wildman–Crippen LogP) is 5.56. The third kappa shape index (κ3) is 3.49. The van der Waals surface area contributed by atoms with Gasteiger partial charge in [-0.2, -0.15) is 0 Å². The van der Waals surface area contributed by atoms with Crippen LogP contribution in [0.5, 0.6) is 0 Å². The summed E-state index contributed by atoms with van der Waals surface area (Å²) in [6, 6.07) is 31.2. The number of rotatable bonds is 4. The van der Waals surface area contributed by atoms with E-state index in [0.717, 1.165) is 26.2 Å². The second-order valence-corrected chi connectivity index (χ2v) is 8.48. The van der Waals surface area contributed by atoms with E-state index in [0.29, 0.717) is 6.04 Å². The van der Waals surface area contributed by atoms with Crippen molar-refractivity contribution in [3.8, 4) is 11.1 Å². The van der Waals surface area contributed by atoms with E-state index in [-0.39, 0.29) is 0 Å². The van der Waals surface area contributed by atoms with Gasteiger partial charge in [-0.3, -0.25) is 4.90 Å². The van der Waals surface area contributed by atoms with Crippen molar-refractivity contribution >= 4 is 21.4 Å². The molecule has 1 aliphatic heterocycles. The Morgan fingerprint density at radius 2 is 1.43 bits per heavy atom. The number of nitrogens with zero attached hydrogens (tertiary/aromatic N) is 1. The Balaban J connectivity index is 1.54. The molecule has 1 N–H and O–H groups in total. The maximum absolute atomic E-state index is 3.49. The topological polar surface area (TPSA) is 15.3 Å². The highest BCUT2D eigenvalue weighted by atomic mass is 32.1. The van der Waals surface area contributed by atoms with Crippen molar-refractivity contribution in [2.24, 2.45) is 0 Å². The quantitative estimate of drug-likeness (QED) is 0.495. The summed E-state index contributed by atoms with van der Waals surface area (Å²) in [5, 5.41) is 4.84. The zero-order chi connectivity index (χ0) is 18.8. The van der Waals surface area contributed by atoms with Gasteiger partial charge in [0.1, 0.15) is 0 Å². The van der Waals surface area contributed by atoms with E-state index in [1.165, 1.54) is 31.7 Å². The van der Waals surface area contributed by atoms with Crippen LogP contribution in [0, 0.1) is 0 Å². The lowest BCUT2D eigenvalue weighted by atomic mass is 9.98. The van der Waals surface area contributed by atoms with E-state index in [2.05, 4.69) is 95.1 Å². The summed E-state index contributed by atoms with van der Waals surface area (Å²) in [6.45, 7) is 4.28. The number of thiophene rings is 1. The Hall–Kier alpha value is -2.46. The van der Waals surface area contributed by atoms with E-state index >= 15 is 0 Å². The fourth-order valence-electron chi connectivity index (χ4n) is 4.12. The SMILES string of the molecule is c1ccc(-c2ccc(C(c3cc4ccccc4s3)N3CCNCC3)cc2)cc1. The molecule has 0 saturated carbocycles. The highest BCUT2D eigenvalue weighted by Crippen LogP contribution is 2.37. The van der Waals surface area contributed by atoms with Crippen LogP contribution >= 0.6 is 11.3 Å². The molecule has 5 rings (SSSR count). The molecular formula is C25H24N2S. The molecule has 1 fully saturated rings. The van der Waals surface area contributed by atoms with Gasteiger partial charge in [0.2, 0.25) is 0 Å². The second kappa shape index (κ2) is 7.88. The maximum atomic E-state index is 3.49. The summed E-state index contributed by atoms with van der Waals surface area (Å²) >= 11 is 1.93. The predicted molar refractivity (Wildman–Crippen MR) is 120 cm³/mol. The zero-order valence-corrected chi connectivity index (χ0v) is 16.7. The lowest BCUT2D eigenvalue weighted by Crippen LogP contribution is -2.45. The first-order valence-corrected chi connectivity index (χ1v) is 10.8. The Kier molecular flexibility index (Phi) is 4.96. The first-order chi connectivity index (χ1) is 13.9. The molecule has 3 aromatic carbocycles. The van der Waals surface area contributed by atoms with Gasteiger partial charge in [0.15, 0.2) is 0 Å². The van der Waals surface area contributed by atoms with Gasteiger partial charge in [-0.25, -0.2) is 0 Å². The summed E-state index contributed by atoms with van der Waals surface area (Å²) in [6.07, 6.45) is 0. The van der Waals surface area contributed by atoms with Gasteiger partial charge < -0.3 is 5.32 Å². The highest BCUT2D eigenvalue weighted by Gasteiger charge is 2.25. The van der Waals surface area contributed by atoms with Gasteiger partial charge in [-0.05, 0) is 34.2 Å². The van der Waals surface area contributed by atoms with Gasteiger partial charge >= 0.3 is 0 Å². The number of benzene rings is 3. The van der Waals surface area contributed by atoms with Crippen molar-refractivity contribution in [3.05, 3.63) is 95.4 Å². The Labute approximate surface area is 170 Å². The van der Waals surface area contributed by atoms with E-state index < -0.39 is 0 Å². The minimum Gasteiger partial charge on any atom is -0.314 e. The van der Waals surface area contributed by atoms with E-state index in [1.54, 1.807) is 0 Å². The molecular weight excluding hydrogens is 360 g/mol. The van der Waals surface area contributed by atoms with Crippen molar-refractivity contribution in [1.29, 1.82) is 0 Å². The number of piperazine rings is 1. The molecule has 1 saturated heterocycles. The van der Waals surface area contributed by atoms with Gasteiger partial charge in [-0.1, -0.05) is 72.8 Å². The first-order valence-electron chi connectivity index (χ1n) is 9.97. The lowest BCUT2D eigenvalue weighted by molar-refractivity contribution is 0.201. The Bertz CT molecular complexity index is 1010. The molecule has 0 bridgehead atoms. The molecule has 0 spiro atoms. The lowest BCUT2D eigenvalue weighted by Gasteiger charge is -2.34. The summed E-state index contributed by atoms with van der Waals surface area (Å²) in [5.41, 5.74) is 3.93. The van der Waals surface area contributed by atoms with Crippen molar-refractivity contribution in [1.82, 2.24) is 10.2 Å². The molecule has 0 amide bonds. The Morgan fingerprint density at radius 1 is 0.750 bits per heavy atom.